The van der Waals surface area contributed by atoms with Gasteiger partial charge in [-0.25, -0.2) is 8.78 Å². The van der Waals surface area contributed by atoms with Crippen molar-refractivity contribution in [3.63, 3.8) is 0 Å². The van der Waals surface area contributed by atoms with Crippen molar-refractivity contribution in [2.24, 2.45) is 4.99 Å². The summed E-state index contributed by atoms with van der Waals surface area (Å²) < 4.78 is 27.6. The number of nitrogens with one attached hydrogen (secondary N) is 2. The first-order valence-corrected chi connectivity index (χ1v) is 8.36. The van der Waals surface area contributed by atoms with Crippen LogP contribution in [-0.4, -0.2) is 19.0 Å². The van der Waals surface area contributed by atoms with Gasteiger partial charge in [-0.05, 0) is 37.6 Å². The van der Waals surface area contributed by atoms with Crippen molar-refractivity contribution in [3.05, 3.63) is 57.3 Å². The summed E-state index contributed by atoms with van der Waals surface area (Å²) in [5.41, 5.74) is 0.175. The second kappa shape index (κ2) is 6.66. The summed E-state index contributed by atoms with van der Waals surface area (Å²) in [6, 6.07) is 8.17. The molecule has 1 aromatic heterocycles. The van der Waals surface area contributed by atoms with Gasteiger partial charge in [-0.3, -0.25) is 4.99 Å². The van der Waals surface area contributed by atoms with Gasteiger partial charge in [0, 0.05) is 34.3 Å². The molecule has 0 radical (unpaired) electrons. The zero-order chi connectivity index (χ0) is 16.4. The number of benzene rings is 1. The number of halogens is 2. The molecule has 0 spiro atoms. The molecule has 2 N–H and O–H groups in total. The van der Waals surface area contributed by atoms with Crippen molar-refractivity contribution in [3.8, 4) is 0 Å². The van der Waals surface area contributed by atoms with Gasteiger partial charge < -0.3 is 10.6 Å². The molecule has 1 saturated carbocycles. The maximum absolute atomic E-state index is 13.8. The van der Waals surface area contributed by atoms with E-state index in [2.05, 4.69) is 34.7 Å². The fraction of sp³-hybridized carbons (Fsp3) is 0.353. The summed E-state index contributed by atoms with van der Waals surface area (Å²) in [5, 5.41) is 6.46. The van der Waals surface area contributed by atoms with Crippen LogP contribution in [0.2, 0.25) is 0 Å². The first-order chi connectivity index (χ1) is 11.1. The van der Waals surface area contributed by atoms with E-state index in [-0.39, 0.29) is 17.5 Å². The summed E-state index contributed by atoms with van der Waals surface area (Å²) in [6.07, 6.45) is 0.705. The maximum atomic E-state index is 13.8. The van der Waals surface area contributed by atoms with Gasteiger partial charge in [-0.2, -0.15) is 0 Å². The Morgan fingerprint density at radius 1 is 1.26 bits per heavy atom. The van der Waals surface area contributed by atoms with Crippen LogP contribution >= 0.6 is 11.3 Å². The fourth-order valence-corrected chi connectivity index (χ4v) is 3.49. The number of thiophene rings is 1. The highest BCUT2D eigenvalue weighted by Gasteiger charge is 2.42. The smallest absolute Gasteiger partial charge is 0.191 e. The molecule has 3 nitrogen and oxygen atoms in total. The Kier molecular flexibility index (Phi) is 4.61. The lowest BCUT2D eigenvalue weighted by Crippen LogP contribution is -2.38. The SMILES string of the molecule is CN=C(NCc1ccc(C)s1)NC1CC1c1c(F)cccc1F. The van der Waals surface area contributed by atoms with Crippen LogP contribution in [0.4, 0.5) is 8.78 Å². The molecular formula is C17H19F2N3S. The Labute approximate surface area is 138 Å². The van der Waals surface area contributed by atoms with Crippen LogP contribution < -0.4 is 10.6 Å². The van der Waals surface area contributed by atoms with Crippen molar-refractivity contribution in [1.82, 2.24) is 10.6 Å². The molecule has 0 aliphatic heterocycles. The van der Waals surface area contributed by atoms with E-state index in [1.54, 1.807) is 18.4 Å². The van der Waals surface area contributed by atoms with Crippen LogP contribution in [0.25, 0.3) is 0 Å². The van der Waals surface area contributed by atoms with Crippen LogP contribution in [-0.2, 0) is 6.54 Å². The van der Waals surface area contributed by atoms with E-state index in [0.29, 0.717) is 18.9 Å². The second-order valence-electron chi connectivity index (χ2n) is 5.67. The molecule has 23 heavy (non-hydrogen) atoms. The van der Waals surface area contributed by atoms with Crippen molar-refractivity contribution in [2.45, 2.75) is 31.8 Å². The highest BCUT2D eigenvalue weighted by Crippen LogP contribution is 2.43. The molecule has 2 unspecified atom stereocenters. The molecule has 6 heteroatoms. The number of hydrogen-bond donors (Lipinski definition) is 2. The maximum Gasteiger partial charge on any atom is 0.191 e. The van der Waals surface area contributed by atoms with E-state index in [0.717, 1.165) is 0 Å². The Hall–Kier alpha value is -1.95. The number of nitrogens with zero attached hydrogens (tertiary/aromatic N) is 1. The molecule has 2 aromatic rings. The molecular weight excluding hydrogens is 316 g/mol. The Balaban J connectivity index is 1.57. The lowest BCUT2D eigenvalue weighted by Gasteiger charge is -2.11. The normalized spacial score (nSPS) is 20.4. The standard InChI is InChI=1S/C17H19F2N3S/c1-10-6-7-11(23-10)9-21-17(20-2)22-15-8-12(15)16-13(18)4-3-5-14(16)19/h3-7,12,15H,8-9H2,1-2H3,(H2,20,21,22). The lowest BCUT2D eigenvalue weighted by molar-refractivity contribution is 0.553. The van der Waals surface area contributed by atoms with Gasteiger partial charge in [0.05, 0.1) is 6.54 Å². The first kappa shape index (κ1) is 15.9. The van der Waals surface area contributed by atoms with Crippen LogP contribution in [0.1, 0.15) is 27.7 Å². The lowest BCUT2D eigenvalue weighted by atomic mass is 10.1. The zero-order valence-corrected chi connectivity index (χ0v) is 13.9. The number of guanidine groups is 1. The monoisotopic (exact) mass is 335 g/mol. The molecule has 122 valence electrons. The van der Waals surface area contributed by atoms with Crippen molar-refractivity contribution in [2.75, 3.05) is 7.05 Å². The first-order valence-electron chi connectivity index (χ1n) is 7.55. The predicted molar refractivity (Wildman–Crippen MR) is 89.9 cm³/mol. The third-order valence-corrected chi connectivity index (χ3v) is 4.93. The van der Waals surface area contributed by atoms with Gasteiger partial charge in [-0.15, -0.1) is 11.3 Å². The quantitative estimate of drug-likeness (QED) is 0.662. The summed E-state index contributed by atoms with van der Waals surface area (Å²) in [6.45, 7) is 2.75. The Bertz CT molecular complexity index is 706. The molecule has 1 fully saturated rings. The molecule has 1 aliphatic carbocycles. The van der Waals surface area contributed by atoms with Crippen molar-refractivity contribution < 1.29 is 8.78 Å². The fourth-order valence-electron chi connectivity index (χ4n) is 2.66. The van der Waals surface area contributed by atoms with Crippen LogP contribution in [0.3, 0.4) is 0 Å². The van der Waals surface area contributed by atoms with Crippen LogP contribution in [0.15, 0.2) is 35.3 Å². The van der Waals surface area contributed by atoms with E-state index in [1.807, 2.05) is 0 Å². The van der Waals surface area contributed by atoms with E-state index < -0.39 is 11.6 Å². The minimum Gasteiger partial charge on any atom is -0.353 e. The summed E-state index contributed by atoms with van der Waals surface area (Å²) >= 11 is 1.73. The van der Waals surface area contributed by atoms with E-state index in [1.165, 1.54) is 28.0 Å². The summed E-state index contributed by atoms with van der Waals surface area (Å²) in [5.74, 6) is -0.438. The van der Waals surface area contributed by atoms with Crippen molar-refractivity contribution in [1.29, 1.82) is 0 Å². The number of rotatable bonds is 4. The number of aliphatic imine (C=N–C) groups is 1. The summed E-state index contributed by atoms with van der Waals surface area (Å²) in [7, 11) is 1.69. The van der Waals surface area contributed by atoms with Gasteiger partial charge in [0.15, 0.2) is 5.96 Å². The largest absolute Gasteiger partial charge is 0.353 e. The topological polar surface area (TPSA) is 36.4 Å². The molecule has 2 atom stereocenters. The number of aryl methyl sites for hydroxylation is 1. The Morgan fingerprint density at radius 3 is 2.61 bits per heavy atom. The molecule has 1 aromatic carbocycles. The van der Waals surface area contributed by atoms with Gasteiger partial charge in [0.1, 0.15) is 11.6 Å². The molecule has 0 bridgehead atoms. The third kappa shape index (κ3) is 3.69. The van der Waals surface area contributed by atoms with Gasteiger partial charge in [0.2, 0.25) is 0 Å². The second-order valence-corrected chi connectivity index (χ2v) is 7.04. The predicted octanol–water partition coefficient (Wildman–Crippen LogP) is 3.56. The molecule has 0 saturated heterocycles. The average Bonchev–Trinajstić information content (AvgIpc) is 3.14. The molecule has 1 heterocycles. The third-order valence-electron chi connectivity index (χ3n) is 3.93. The molecule has 0 amide bonds. The van der Waals surface area contributed by atoms with E-state index >= 15 is 0 Å². The zero-order valence-electron chi connectivity index (χ0n) is 13.1. The molecule has 1 aliphatic rings. The molecule has 3 rings (SSSR count). The minimum absolute atomic E-state index is 0.0117. The van der Waals surface area contributed by atoms with Gasteiger partial charge >= 0.3 is 0 Å². The van der Waals surface area contributed by atoms with E-state index in [4.69, 9.17) is 0 Å². The van der Waals surface area contributed by atoms with Crippen molar-refractivity contribution >= 4 is 17.3 Å². The van der Waals surface area contributed by atoms with Crippen LogP contribution in [0, 0.1) is 18.6 Å². The average molecular weight is 335 g/mol. The van der Waals surface area contributed by atoms with E-state index in [9.17, 15) is 8.78 Å². The van der Waals surface area contributed by atoms with Gasteiger partial charge in [0.25, 0.3) is 0 Å². The highest BCUT2D eigenvalue weighted by atomic mass is 32.1. The Morgan fingerprint density at radius 2 is 2.00 bits per heavy atom. The summed E-state index contributed by atoms with van der Waals surface area (Å²) in [4.78, 5) is 6.66. The van der Waals surface area contributed by atoms with Gasteiger partial charge in [-0.1, -0.05) is 6.07 Å². The highest BCUT2D eigenvalue weighted by molar-refractivity contribution is 7.11. The number of hydrogen-bond acceptors (Lipinski definition) is 2. The minimum atomic E-state index is -0.476. The van der Waals surface area contributed by atoms with Crippen LogP contribution in [0.5, 0.6) is 0 Å².